The molecule has 1 amide bonds. The SMILES string of the molecule is CCCCCCCCCNC(=O)c1c[nH]c(=S)n1-c1ccccc1. The van der Waals surface area contributed by atoms with E-state index in [2.05, 4.69) is 17.2 Å². The Bertz CT molecular complexity index is 675. The number of carbonyl (C=O) groups excluding carboxylic acids is 1. The third-order valence-corrected chi connectivity index (χ3v) is 4.39. The molecule has 0 aliphatic carbocycles. The second kappa shape index (κ2) is 10.1. The Labute approximate surface area is 149 Å². The molecule has 130 valence electrons. The van der Waals surface area contributed by atoms with Gasteiger partial charge >= 0.3 is 0 Å². The Morgan fingerprint density at radius 1 is 1.08 bits per heavy atom. The lowest BCUT2D eigenvalue weighted by Crippen LogP contribution is -2.26. The van der Waals surface area contributed by atoms with Crippen LogP contribution in [0.4, 0.5) is 0 Å². The Morgan fingerprint density at radius 2 is 1.75 bits per heavy atom. The summed E-state index contributed by atoms with van der Waals surface area (Å²) in [5.74, 6) is -0.0859. The molecule has 2 N–H and O–H groups in total. The molecule has 0 radical (unpaired) electrons. The fourth-order valence-electron chi connectivity index (χ4n) is 2.74. The predicted molar refractivity (Wildman–Crippen MR) is 101 cm³/mol. The molecule has 2 aromatic rings. The Kier molecular flexibility index (Phi) is 7.75. The van der Waals surface area contributed by atoms with Crippen LogP contribution in [-0.4, -0.2) is 22.0 Å². The molecule has 1 aromatic heterocycles. The van der Waals surface area contributed by atoms with Gasteiger partial charge in [-0.05, 0) is 30.8 Å². The number of para-hydroxylation sites is 1. The second-order valence-corrected chi connectivity index (χ2v) is 6.41. The molecule has 0 bridgehead atoms. The number of nitrogens with zero attached hydrogens (tertiary/aromatic N) is 1. The van der Waals surface area contributed by atoms with Gasteiger partial charge in [0.2, 0.25) is 0 Å². The van der Waals surface area contributed by atoms with Crippen LogP contribution in [0.25, 0.3) is 5.69 Å². The van der Waals surface area contributed by atoms with E-state index in [1.54, 1.807) is 10.8 Å². The molecule has 2 rings (SSSR count). The number of rotatable bonds is 10. The minimum absolute atomic E-state index is 0.0859. The van der Waals surface area contributed by atoms with E-state index >= 15 is 0 Å². The van der Waals surface area contributed by atoms with Gasteiger partial charge in [0.1, 0.15) is 5.69 Å². The molecule has 24 heavy (non-hydrogen) atoms. The van der Waals surface area contributed by atoms with Crippen molar-refractivity contribution in [1.29, 1.82) is 0 Å². The van der Waals surface area contributed by atoms with Crippen LogP contribution in [0.5, 0.6) is 0 Å². The third kappa shape index (κ3) is 5.34. The maximum Gasteiger partial charge on any atom is 0.269 e. The van der Waals surface area contributed by atoms with Gasteiger partial charge in [-0.1, -0.05) is 63.6 Å². The molecular formula is C19H27N3OS. The van der Waals surface area contributed by atoms with E-state index in [-0.39, 0.29) is 5.91 Å². The first kappa shape index (κ1) is 18.5. The van der Waals surface area contributed by atoms with E-state index in [0.717, 1.165) is 12.1 Å². The largest absolute Gasteiger partial charge is 0.351 e. The molecule has 0 spiro atoms. The number of imidazole rings is 1. The van der Waals surface area contributed by atoms with Crippen molar-refractivity contribution in [2.75, 3.05) is 6.54 Å². The molecule has 5 heteroatoms. The van der Waals surface area contributed by atoms with E-state index in [1.807, 2.05) is 30.3 Å². The maximum atomic E-state index is 12.4. The van der Waals surface area contributed by atoms with Crippen molar-refractivity contribution in [3.8, 4) is 5.69 Å². The van der Waals surface area contributed by atoms with Gasteiger partial charge in [-0.15, -0.1) is 0 Å². The zero-order valence-corrected chi connectivity index (χ0v) is 15.2. The summed E-state index contributed by atoms with van der Waals surface area (Å²) in [6, 6.07) is 9.70. The molecule has 0 fully saturated rings. The second-order valence-electron chi connectivity index (χ2n) is 6.03. The first-order valence-electron chi connectivity index (χ1n) is 8.88. The number of H-pyrrole nitrogens is 1. The molecule has 0 aliphatic rings. The van der Waals surface area contributed by atoms with Gasteiger partial charge in [0, 0.05) is 18.4 Å². The van der Waals surface area contributed by atoms with Crippen molar-refractivity contribution in [3.63, 3.8) is 0 Å². The summed E-state index contributed by atoms with van der Waals surface area (Å²) >= 11 is 5.31. The van der Waals surface area contributed by atoms with Crippen LogP contribution >= 0.6 is 12.2 Å². The smallest absolute Gasteiger partial charge is 0.269 e. The Balaban J connectivity index is 1.83. The summed E-state index contributed by atoms with van der Waals surface area (Å²) in [6.45, 7) is 2.94. The lowest BCUT2D eigenvalue weighted by Gasteiger charge is -2.09. The van der Waals surface area contributed by atoms with Gasteiger partial charge in [-0.3, -0.25) is 9.36 Å². The fourth-order valence-corrected chi connectivity index (χ4v) is 3.01. The van der Waals surface area contributed by atoms with Crippen molar-refractivity contribution in [2.24, 2.45) is 0 Å². The van der Waals surface area contributed by atoms with Gasteiger partial charge in [0.25, 0.3) is 5.91 Å². The van der Waals surface area contributed by atoms with Crippen molar-refractivity contribution >= 4 is 18.1 Å². The number of nitrogens with one attached hydrogen (secondary N) is 2. The lowest BCUT2D eigenvalue weighted by atomic mass is 10.1. The average Bonchev–Trinajstić information content (AvgIpc) is 2.99. The Hall–Kier alpha value is -1.88. The highest BCUT2D eigenvalue weighted by Gasteiger charge is 2.13. The maximum absolute atomic E-state index is 12.4. The third-order valence-electron chi connectivity index (χ3n) is 4.09. The fraction of sp³-hybridized carbons (Fsp3) is 0.474. The number of hydrogen-bond acceptors (Lipinski definition) is 2. The van der Waals surface area contributed by atoms with Crippen LogP contribution in [0.2, 0.25) is 0 Å². The summed E-state index contributed by atoms with van der Waals surface area (Å²) in [5.41, 5.74) is 1.44. The average molecular weight is 346 g/mol. The van der Waals surface area contributed by atoms with Crippen molar-refractivity contribution in [1.82, 2.24) is 14.9 Å². The van der Waals surface area contributed by atoms with Gasteiger partial charge in [0.15, 0.2) is 4.77 Å². The van der Waals surface area contributed by atoms with Crippen molar-refractivity contribution in [2.45, 2.75) is 51.9 Å². The first-order chi connectivity index (χ1) is 11.7. The van der Waals surface area contributed by atoms with E-state index in [1.165, 1.54) is 38.5 Å². The highest BCUT2D eigenvalue weighted by atomic mass is 32.1. The number of aromatic amines is 1. The van der Waals surface area contributed by atoms with Gasteiger partial charge < -0.3 is 10.3 Å². The Morgan fingerprint density at radius 3 is 2.46 bits per heavy atom. The summed E-state index contributed by atoms with van der Waals surface area (Å²) in [4.78, 5) is 15.4. The number of hydrogen-bond donors (Lipinski definition) is 2. The first-order valence-corrected chi connectivity index (χ1v) is 9.29. The monoisotopic (exact) mass is 345 g/mol. The zero-order chi connectivity index (χ0) is 17.2. The van der Waals surface area contributed by atoms with Crippen LogP contribution < -0.4 is 5.32 Å². The van der Waals surface area contributed by atoms with Crippen LogP contribution in [0, 0.1) is 4.77 Å². The van der Waals surface area contributed by atoms with Gasteiger partial charge in [-0.25, -0.2) is 0 Å². The number of unbranched alkanes of at least 4 members (excludes halogenated alkanes) is 6. The molecule has 0 saturated carbocycles. The summed E-state index contributed by atoms with van der Waals surface area (Å²) in [6.07, 6.45) is 10.3. The van der Waals surface area contributed by atoms with E-state index in [9.17, 15) is 4.79 Å². The van der Waals surface area contributed by atoms with Crippen LogP contribution in [0.3, 0.4) is 0 Å². The molecular weight excluding hydrogens is 318 g/mol. The molecule has 1 aromatic carbocycles. The number of aromatic nitrogens is 2. The molecule has 4 nitrogen and oxygen atoms in total. The normalized spacial score (nSPS) is 10.7. The molecule has 0 atom stereocenters. The highest BCUT2D eigenvalue weighted by molar-refractivity contribution is 7.71. The van der Waals surface area contributed by atoms with E-state index in [0.29, 0.717) is 17.0 Å². The quantitative estimate of drug-likeness (QED) is 0.469. The topological polar surface area (TPSA) is 49.8 Å². The zero-order valence-electron chi connectivity index (χ0n) is 14.4. The minimum atomic E-state index is -0.0859. The summed E-state index contributed by atoms with van der Waals surface area (Å²) in [7, 11) is 0. The molecule has 0 saturated heterocycles. The predicted octanol–water partition coefficient (Wildman–Crippen LogP) is 5.02. The van der Waals surface area contributed by atoms with Gasteiger partial charge in [0.05, 0.1) is 0 Å². The minimum Gasteiger partial charge on any atom is -0.351 e. The van der Waals surface area contributed by atoms with Crippen LogP contribution in [-0.2, 0) is 0 Å². The van der Waals surface area contributed by atoms with Crippen LogP contribution in [0.1, 0.15) is 62.4 Å². The number of benzene rings is 1. The molecule has 0 unspecified atom stereocenters. The highest BCUT2D eigenvalue weighted by Crippen LogP contribution is 2.12. The summed E-state index contributed by atoms with van der Waals surface area (Å²) in [5, 5.41) is 3.00. The molecule has 1 heterocycles. The standard InChI is InChI=1S/C19H27N3OS/c1-2-3-4-5-6-7-11-14-20-18(23)17-15-21-19(24)22(17)16-12-9-8-10-13-16/h8-10,12-13,15H,2-7,11,14H2,1H3,(H,20,23)(H,21,24). The van der Waals surface area contributed by atoms with Crippen LogP contribution in [0.15, 0.2) is 36.5 Å². The van der Waals surface area contributed by atoms with Gasteiger partial charge in [-0.2, -0.15) is 0 Å². The number of carbonyl (C=O) groups is 1. The summed E-state index contributed by atoms with van der Waals surface area (Å²) < 4.78 is 2.30. The number of amides is 1. The van der Waals surface area contributed by atoms with Crippen molar-refractivity contribution in [3.05, 3.63) is 47.0 Å². The van der Waals surface area contributed by atoms with E-state index in [4.69, 9.17) is 12.2 Å². The molecule has 0 aliphatic heterocycles. The van der Waals surface area contributed by atoms with Crippen molar-refractivity contribution < 1.29 is 4.79 Å². The lowest BCUT2D eigenvalue weighted by molar-refractivity contribution is 0.0946. The van der Waals surface area contributed by atoms with E-state index < -0.39 is 0 Å².